The number of aryl methyl sites for hydroxylation is 1. The Kier molecular flexibility index (Phi) is 4.74. The molecule has 0 spiro atoms. The lowest BCUT2D eigenvalue weighted by molar-refractivity contribution is 0.458. The van der Waals surface area contributed by atoms with Crippen LogP contribution < -0.4 is 10.1 Å². The van der Waals surface area contributed by atoms with Gasteiger partial charge < -0.3 is 10.1 Å². The van der Waals surface area contributed by atoms with E-state index < -0.39 is 5.82 Å². The van der Waals surface area contributed by atoms with E-state index in [1.165, 1.54) is 18.2 Å². The predicted octanol–water partition coefficient (Wildman–Crippen LogP) is 4.19. The Balaban J connectivity index is 2.19. The molecule has 1 aromatic heterocycles. The maximum absolute atomic E-state index is 13.1. The van der Waals surface area contributed by atoms with Crippen molar-refractivity contribution >= 4 is 17.4 Å². The van der Waals surface area contributed by atoms with E-state index in [1.807, 2.05) is 0 Å². The second-order valence-corrected chi connectivity index (χ2v) is 4.65. The lowest BCUT2D eigenvalue weighted by atomic mass is 10.3. The van der Waals surface area contributed by atoms with Crippen molar-refractivity contribution in [1.82, 2.24) is 9.97 Å². The third-order valence-electron chi connectivity index (χ3n) is 2.48. The smallest absolute Gasteiger partial charge is 0.224 e. The molecule has 2 aromatic rings. The molecule has 0 radical (unpaired) electrons. The molecule has 106 valence electrons. The molecule has 0 aliphatic carbocycles. The molecule has 0 saturated heterocycles. The highest BCUT2D eigenvalue weighted by Gasteiger charge is 2.06. The zero-order valence-electron chi connectivity index (χ0n) is 11.3. The zero-order chi connectivity index (χ0) is 14.5. The highest BCUT2D eigenvalue weighted by atomic mass is 35.5. The number of benzene rings is 1. The van der Waals surface area contributed by atoms with Crippen LogP contribution in [0.4, 0.5) is 10.2 Å². The van der Waals surface area contributed by atoms with Crippen molar-refractivity contribution in [2.24, 2.45) is 0 Å². The highest BCUT2D eigenvalue weighted by Crippen LogP contribution is 2.26. The summed E-state index contributed by atoms with van der Waals surface area (Å²) < 4.78 is 18.7. The topological polar surface area (TPSA) is 47.0 Å². The third-order valence-corrected chi connectivity index (χ3v) is 2.77. The average Bonchev–Trinajstić information content (AvgIpc) is 2.40. The van der Waals surface area contributed by atoms with Crippen molar-refractivity contribution in [1.29, 1.82) is 0 Å². The van der Waals surface area contributed by atoms with Crippen molar-refractivity contribution in [2.75, 3.05) is 11.9 Å². The SMILES string of the molecule is CCCNc1cc(Oc2ccc(F)c(Cl)c2)nc(C)n1. The first-order chi connectivity index (χ1) is 9.58. The Hall–Kier alpha value is -1.88. The minimum atomic E-state index is -0.483. The van der Waals surface area contributed by atoms with Gasteiger partial charge in [-0.3, -0.25) is 0 Å². The van der Waals surface area contributed by atoms with Crippen LogP contribution in [0.1, 0.15) is 19.2 Å². The van der Waals surface area contributed by atoms with E-state index in [4.69, 9.17) is 16.3 Å². The number of ether oxygens (including phenoxy) is 1. The summed E-state index contributed by atoms with van der Waals surface area (Å²) in [6.07, 6.45) is 0.993. The van der Waals surface area contributed by atoms with Crippen LogP contribution in [0.2, 0.25) is 5.02 Å². The van der Waals surface area contributed by atoms with E-state index in [9.17, 15) is 4.39 Å². The highest BCUT2D eigenvalue weighted by molar-refractivity contribution is 6.30. The average molecular weight is 296 g/mol. The van der Waals surface area contributed by atoms with Crippen LogP contribution in [0.5, 0.6) is 11.6 Å². The molecule has 6 heteroatoms. The molecule has 0 atom stereocenters. The molecular formula is C14H15ClFN3O. The fourth-order valence-electron chi connectivity index (χ4n) is 1.60. The van der Waals surface area contributed by atoms with Gasteiger partial charge in [-0.05, 0) is 25.5 Å². The number of aromatic nitrogens is 2. The Bertz CT molecular complexity index is 607. The number of anilines is 1. The number of nitrogens with zero attached hydrogens (tertiary/aromatic N) is 2. The minimum absolute atomic E-state index is 0.0117. The summed E-state index contributed by atoms with van der Waals surface area (Å²) in [5.74, 6) is 1.62. The van der Waals surface area contributed by atoms with Gasteiger partial charge in [0.05, 0.1) is 5.02 Å². The molecule has 1 aromatic carbocycles. The lowest BCUT2D eigenvalue weighted by Crippen LogP contribution is -2.04. The summed E-state index contributed by atoms with van der Waals surface area (Å²) in [6.45, 7) is 4.67. The maximum Gasteiger partial charge on any atom is 0.224 e. The Morgan fingerprint density at radius 2 is 2.10 bits per heavy atom. The number of nitrogens with one attached hydrogen (secondary N) is 1. The molecule has 20 heavy (non-hydrogen) atoms. The second-order valence-electron chi connectivity index (χ2n) is 4.24. The molecule has 0 unspecified atom stereocenters. The summed E-state index contributed by atoms with van der Waals surface area (Å²) in [4.78, 5) is 8.44. The summed E-state index contributed by atoms with van der Waals surface area (Å²) in [5, 5.41) is 3.18. The molecule has 0 aliphatic heterocycles. The molecule has 2 rings (SSSR count). The Morgan fingerprint density at radius 3 is 2.80 bits per heavy atom. The fourth-order valence-corrected chi connectivity index (χ4v) is 1.77. The van der Waals surface area contributed by atoms with Gasteiger partial charge in [-0.15, -0.1) is 0 Å². The summed E-state index contributed by atoms with van der Waals surface area (Å²) >= 11 is 5.71. The van der Waals surface area contributed by atoms with Gasteiger partial charge >= 0.3 is 0 Å². The molecule has 0 aliphatic rings. The van der Waals surface area contributed by atoms with Gasteiger partial charge in [-0.25, -0.2) is 9.37 Å². The van der Waals surface area contributed by atoms with Crippen LogP contribution in [0, 0.1) is 12.7 Å². The van der Waals surface area contributed by atoms with Crippen LogP contribution in [0.3, 0.4) is 0 Å². The standard InChI is InChI=1S/C14H15ClFN3O/c1-3-6-17-13-8-14(19-9(2)18-13)20-10-4-5-12(16)11(15)7-10/h4-5,7-8H,3,6H2,1-2H3,(H,17,18,19). The van der Waals surface area contributed by atoms with Gasteiger partial charge in [0.1, 0.15) is 23.2 Å². The normalized spacial score (nSPS) is 10.4. The van der Waals surface area contributed by atoms with Gasteiger partial charge in [0.2, 0.25) is 5.88 Å². The van der Waals surface area contributed by atoms with Crippen molar-refractivity contribution in [3.8, 4) is 11.6 Å². The van der Waals surface area contributed by atoms with Crippen molar-refractivity contribution in [2.45, 2.75) is 20.3 Å². The van der Waals surface area contributed by atoms with Gasteiger partial charge in [0.25, 0.3) is 0 Å². The maximum atomic E-state index is 13.1. The van der Waals surface area contributed by atoms with E-state index in [0.717, 1.165) is 13.0 Å². The van der Waals surface area contributed by atoms with Crippen LogP contribution >= 0.6 is 11.6 Å². The van der Waals surface area contributed by atoms with Gasteiger partial charge in [-0.2, -0.15) is 4.98 Å². The first-order valence-corrected chi connectivity index (χ1v) is 6.68. The van der Waals surface area contributed by atoms with E-state index in [-0.39, 0.29) is 5.02 Å². The molecule has 4 nitrogen and oxygen atoms in total. The Morgan fingerprint density at radius 1 is 1.30 bits per heavy atom. The van der Waals surface area contributed by atoms with Crippen molar-refractivity contribution in [3.05, 3.63) is 40.9 Å². The number of rotatable bonds is 5. The van der Waals surface area contributed by atoms with Gasteiger partial charge in [0.15, 0.2) is 0 Å². The molecule has 0 fully saturated rings. The largest absolute Gasteiger partial charge is 0.439 e. The lowest BCUT2D eigenvalue weighted by Gasteiger charge is -2.09. The zero-order valence-corrected chi connectivity index (χ0v) is 12.0. The molecular weight excluding hydrogens is 281 g/mol. The molecule has 0 saturated carbocycles. The first-order valence-electron chi connectivity index (χ1n) is 6.31. The van der Waals surface area contributed by atoms with E-state index in [0.29, 0.717) is 23.3 Å². The second kappa shape index (κ2) is 6.52. The van der Waals surface area contributed by atoms with E-state index in [2.05, 4.69) is 22.2 Å². The molecule has 0 bridgehead atoms. The third kappa shape index (κ3) is 3.81. The number of halogens is 2. The molecule has 1 N–H and O–H groups in total. The van der Waals surface area contributed by atoms with E-state index in [1.54, 1.807) is 13.0 Å². The summed E-state index contributed by atoms with van der Waals surface area (Å²) in [5.41, 5.74) is 0. The number of hydrogen-bond acceptors (Lipinski definition) is 4. The summed E-state index contributed by atoms with van der Waals surface area (Å²) in [6, 6.07) is 5.85. The molecule has 1 heterocycles. The fraction of sp³-hybridized carbons (Fsp3) is 0.286. The minimum Gasteiger partial charge on any atom is -0.439 e. The van der Waals surface area contributed by atoms with Crippen LogP contribution in [-0.4, -0.2) is 16.5 Å². The van der Waals surface area contributed by atoms with Gasteiger partial charge in [-0.1, -0.05) is 18.5 Å². The summed E-state index contributed by atoms with van der Waals surface area (Å²) in [7, 11) is 0. The number of hydrogen-bond donors (Lipinski definition) is 1. The van der Waals surface area contributed by atoms with Crippen LogP contribution in [0.25, 0.3) is 0 Å². The molecule has 0 amide bonds. The van der Waals surface area contributed by atoms with Crippen LogP contribution in [0.15, 0.2) is 24.3 Å². The Labute approximate surface area is 122 Å². The first kappa shape index (κ1) is 14.5. The predicted molar refractivity (Wildman–Crippen MR) is 77.0 cm³/mol. The monoisotopic (exact) mass is 295 g/mol. The van der Waals surface area contributed by atoms with Gasteiger partial charge in [0, 0.05) is 18.7 Å². The quantitative estimate of drug-likeness (QED) is 0.898. The van der Waals surface area contributed by atoms with Crippen LogP contribution in [-0.2, 0) is 0 Å². The van der Waals surface area contributed by atoms with Crippen molar-refractivity contribution < 1.29 is 9.13 Å². The van der Waals surface area contributed by atoms with Crippen molar-refractivity contribution in [3.63, 3.8) is 0 Å². The van der Waals surface area contributed by atoms with E-state index >= 15 is 0 Å².